The van der Waals surface area contributed by atoms with Crippen LogP contribution in [0.15, 0.2) is 60.7 Å². The van der Waals surface area contributed by atoms with Gasteiger partial charge in [-0.15, -0.1) is 0 Å². The number of rotatable bonds is 7. The van der Waals surface area contributed by atoms with Gasteiger partial charge in [0.05, 0.1) is 6.42 Å². The van der Waals surface area contributed by atoms with Gasteiger partial charge in [0, 0.05) is 31.9 Å². The number of hydrogen-bond donors (Lipinski definition) is 2. The highest BCUT2D eigenvalue weighted by molar-refractivity contribution is 5.89. The molecule has 0 spiro atoms. The van der Waals surface area contributed by atoms with Crippen molar-refractivity contribution in [2.45, 2.75) is 12.5 Å². The summed E-state index contributed by atoms with van der Waals surface area (Å²) in [5.74, 6) is -0.900. The Hall–Kier alpha value is -3.35. The lowest BCUT2D eigenvalue weighted by Gasteiger charge is -2.21. The van der Waals surface area contributed by atoms with Crippen LogP contribution in [0.4, 0.5) is 10.5 Å². The zero-order valence-electron chi connectivity index (χ0n) is 15.3. The van der Waals surface area contributed by atoms with Gasteiger partial charge in [-0.3, -0.25) is 9.59 Å². The smallest absolute Gasteiger partial charge is 0.319 e. The maximum absolute atomic E-state index is 12.3. The second kappa shape index (κ2) is 9.96. The minimum absolute atomic E-state index is 0.0494. The summed E-state index contributed by atoms with van der Waals surface area (Å²) in [7, 11) is 3.20. The first-order valence-corrected chi connectivity index (χ1v) is 8.53. The molecule has 0 aliphatic heterocycles. The largest absolute Gasteiger partial charge is 0.447 e. The van der Waals surface area contributed by atoms with Crippen LogP contribution in [0.25, 0.3) is 0 Å². The molecule has 7 heteroatoms. The average molecular weight is 369 g/mol. The van der Waals surface area contributed by atoms with Gasteiger partial charge >= 0.3 is 12.0 Å². The lowest BCUT2D eigenvalue weighted by Crippen LogP contribution is -2.33. The van der Waals surface area contributed by atoms with Crippen LogP contribution in [0.3, 0.4) is 0 Å². The molecule has 2 N–H and O–H groups in total. The summed E-state index contributed by atoms with van der Waals surface area (Å²) in [5, 5.41) is 5.23. The van der Waals surface area contributed by atoms with Crippen LogP contribution in [0.1, 0.15) is 18.1 Å². The third-order valence-corrected chi connectivity index (χ3v) is 3.66. The number of urea groups is 1. The van der Waals surface area contributed by atoms with Crippen molar-refractivity contribution in [1.82, 2.24) is 10.2 Å². The highest BCUT2D eigenvalue weighted by Gasteiger charge is 2.26. The van der Waals surface area contributed by atoms with Crippen LogP contribution in [-0.4, -0.2) is 43.4 Å². The molecule has 0 radical (unpaired) electrons. The van der Waals surface area contributed by atoms with E-state index in [4.69, 9.17) is 4.74 Å². The van der Waals surface area contributed by atoms with Gasteiger partial charge in [-0.2, -0.15) is 0 Å². The van der Waals surface area contributed by atoms with Crippen molar-refractivity contribution >= 4 is 23.6 Å². The van der Waals surface area contributed by atoms with Gasteiger partial charge < -0.3 is 20.3 Å². The van der Waals surface area contributed by atoms with E-state index in [2.05, 4.69) is 10.6 Å². The number of benzene rings is 2. The Labute approximate surface area is 158 Å². The van der Waals surface area contributed by atoms with Gasteiger partial charge in [0.2, 0.25) is 6.10 Å². The lowest BCUT2D eigenvalue weighted by atomic mass is 10.1. The van der Waals surface area contributed by atoms with E-state index in [1.807, 2.05) is 12.1 Å². The maximum Gasteiger partial charge on any atom is 0.319 e. The molecule has 142 valence electrons. The van der Waals surface area contributed by atoms with Crippen LogP contribution in [-0.2, 0) is 14.3 Å². The number of likely N-dealkylation sites (N-methyl/N-ethyl adjacent to an activating group) is 1. The molecule has 0 unspecified atom stereocenters. The first-order valence-electron chi connectivity index (χ1n) is 8.53. The number of ether oxygens (including phenoxy) is 1. The van der Waals surface area contributed by atoms with Crippen molar-refractivity contribution in [3.63, 3.8) is 0 Å². The molecule has 2 aromatic carbocycles. The summed E-state index contributed by atoms with van der Waals surface area (Å²) in [5.41, 5.74) is 1.25. The molecule has 1 atom stereocenters. The molecule has 0 saturated carbocycles. The Morgan fingerprint density at radius 3 is 2.15 bits per heavy atom. The standard InChI is InChI=1S/C20H23N3O4/c1-23(2)19(25)18(15-9-5-3-6-10-15)27-17(24)13-14-21-20(26)22-16-11-7-4-8-12-16/h3-12,18H,13-14H2,1-2H3,(H2,21,22,26)/t18-/m1/s1. The van der Waals surface area contributed by atoms with Crippen molar-refractivity contribution in [1.29, 1.82) is 0 Å². The van der Waals surface area contributed by atoms with Gasteiger partial charge in [-0.05, 0) is 12.1 Å². The molecule has 27 heavy (non-hydrogen) atoms. The predicted molar refractivity (Wildman–Crippen MR) is 102 cm³/mol. The maximum atomic E-state index is 12.3. The van der Waals surface area contributed by atoms with Gasteiger partial charge in [0.25, 0.3) is 5.91 Å². The highest BCUT2D eigenvalue weighted by atomic mass is 16.5. The topological polar surface area (TPSA) is 87.7 Å². The van der Waals surface area contributed by atoms with E-state index in [9.17, 15) is 14.4 Å². The minimum atomic E-state index is -1.01. The number of nitrogens with one attached hydrogen (secondary N) is 2. The Balaban J connectivity index is 1.85. The van der Waals surface area contributed by atoms with Crippen LogP contribution >= 0.6 is 0 Å². The molecule has 7 nitrogen and oxygen atoms in total. The fourth-order valence-corrected chi connectivity index (χ4v) is 2.29. The van der Waals surface area contributed by atoms with Gasteiger partial charge in [0.15, 0.2) is 0 Å². The van der Waals surface area contributed by atoms with E-state index in [1.165, 1.54) is 4.90 Å². The number of amides is 3. The summed E-state index contributed by atoms with van der Waals surface area (Å²) in [6.45, 7) is 0.0924. The molecule has 2 aromatic rings. The number of nitrogens with zero attached hydrogens (tertiary/aromatic N) is 1. The monoisotopic (exact) mass is 369 g/mol. The van der Waals surface area contributed by atoms with Gasteiger partial charge in [-0.25, -0.2) is 4.79 Å². The van der Waals surface area contributed by atoms with E-state index in [1.54, 1.807) is 62.6 Å². The number of hydrogen-bond acceptors (Lipinski definition) is 4. The normalized spacial score (nSPS) is 11.2. The van der Waals surface area contributed by atoms with Crippen LogP contribution in [0.2, 0.25) is 0 Å². The van der Waals surface area contributed by atoms with Gasteiger partial charge in [-0.1, -0.05) is 48.5 Å². The SMILES string of the molecule is CN(C)C(=O)[C@H](OC(=O)CCNC(=O)Nc1ccccc1)c1ccccc1. The first kappa shape index (κ1) is 20.0. The Morgan fingerprint density at radius 2 is 1.56 bits per heavy atom. The van der Waals surface area contributed by atoms with Crippen molar-refractivity contribution < 1.29 is 19.1 Å². The second-order valence-electron chi connectivity index (χ2n) is 6.01. The molecule has 2 rings (SSSR count). The number of anilines is 1. The highest BCUT2D eigenvalue weighted by Crippen LogP contribution is 2.20. The Kier molecular flexibility index (Phi) is 7.37. The van der Waals surface area contributed by atoms with E-state index < -0.39 is 18.1 Å². The minimum Gasteiger partial charge on any atom is -0.447 e. The number of carbonyl (C=O) groups excluding carboxylic acids is 3. The lowest BCUT2D eigenvalue weighted by molar-refractivity contribution is -0.159. The summed E-state index contributed by atoms with van der Waals surface area (Å²) in [4.78, 5) is 37.6. The number of esters is 1. The Morgan fingerprint density at radius 1 is 0.963 bits per heavy atom. The number of carbonyl (C=O) groups is 3. The van der Waals surface area contributed by atoms with E-state index in [0.29, 0.717) is 11.3 Å². The van der Waals surface area contributed by atoms with E-state index >= 15 is 0 Å². The van der Waals surface area contributed by atoms with Crippen molar-refractivity contribution in [2.24, 2.45) is 0 Å². The molecule has 0 aromatic heterocycles. The van der Waals surface area contributed by atoms with E-state index in [-0.39, 0.29) is 18.9 Å². The first-order chi connectivity index (χ1) is 13.0. The molecule has 0 heterocycles. The fourth-order valence-electron chi connectivity index (χ4n) is 2.29. The van der Waals surface area contributed by atoms with Crippen LogP contribution < -0.4 is 10.6 Å². The molecule has 3 amide bonds. The van der Waals surface area contributed by atoms with Gasteiger partial charge in [0.1, 0.15) is 0 Å². The molecule has 0 aliphatic carbocycles. The summed E-state index contributed by atoms with van der Waals surface area (Å²) in [6, 6.07) is 17.4. The third-order valence-electron chi connectivity index (χ3n) is 3.66. The zero-order valence-corrected chi connectivity index (χ0v) is 15.3. The van der Waals surface area contributed by atoms with Crippen molar-refractivity contribution in [2.75, 3.05) is 26.0 Å². The summed E-state index contributed by atoms with van der Waals surface area (Å²) < 4.78 is 5.36. The molecule has 0 fully saturated rings. The Bertz CT molecular complexity index is 763. The fraction of sp³-hybridized carbons (Fsp3) is 0.250. The second-order valence-corrected chi connectivity index (χ2v) is 6.01. The summed E-state index contributed by atoms with van der Waals surface area (Å²) >= 11 is 0. The van der Waals surface area contributed by atoms with E-state index in [0.717, 1.165) is 0 Å². The van der Waals surface area contributed by atoms with Crippen LogP contribution in [0, 0.1) is 0 Å². The quantitative estimate of drug-likeness (QED) is 0.734. The molecular weight excluding hydrogens is 346 g/mol. The van der Waals surface area contributed by atoms with Crippen molar-refractivity contribution in [3.8, 4) is 0 Å². The average Bonchev–Trinajstić information content (AvgIpc) is 2.67. The molecule has 0 saturated heterocycles. The number of para-hydroxylation sites is 1. The van der Waals surface area contributed by atoms with Crippen molar-refractivity contribution in [3.05, 3.63) is 66.2 Å². The predicted octanol–water partition coefficient (Wildman–Crippen LogP) is 2.57. The molecule has 0 aliphatic rings. The molecule has 0 bridgehead atoms. The third kappa shape index (κ3) is 6.47. The summed E-state index contributed by atoms with van der Waals surface area (Å²) in [6.07, 6.45) is -1.06. The van der Waals surface area contributed by atoms with Crippen LogP contribution in [0.5, 0.6) is 0 Å². The zero-order chi connectivity index (χ0) is 19.6. The molecular formula is C20H23N3O4.